The standard InChI is InChI=1S/C18H32N2O2/c1-2-3-15-22-17(21)20-13-9-18(10-14-20)7-5-16(6-8-18)19-11-4-12-19/h16H,2-15H2,1H3. The van der Waals surface area contributed by atoms with Gasteiger partial charge in [0.2, 0.25) is 0 Å². The second-order valence-corrected chi connectivity index (χ2v) is 7.58. The summed E-state index contributed by atoms with van der Waals surface area (Å²) in [6.45, 7) is 7.16. The monoisotopic (exact) mass is 308 g/mol. The molecule has 1 aliphatic carbocycles. The second-order valence-electron chi connectivity index (χ2n) is 7.58. The summed E-state index contributed by atoms with van der Waals surface area (Å²) in [5.74, 6) is 0. The number of rotatable bonds is 4. The molecular formula is C18H32N2O2. The van der Waals surface area contributed by atoms with Crippen molar-refractivity contribution < 1.29 is 9.53 Å². The minimum atomic E-state index is -0.0856. The lowest BCUT2D eigenvalue weighted by Crippen LogP contribution is -2.50. The van der Waals surface area contributed by atoms with Gasteiger partial charge in [-0.2, -0.15) is 0 Å². The summed E-state index contributed by atoms with van der Waals surface area (Å²) in [7, 11) is 0. The van der Waals surface area contributed by atoms with Crippen LogP contribution in [0, 0.1) is 5.41 Å². The third-order valence-corrected chi connectivity index (χ3v) is 6.23. The molecule has 2 heterocycles. The first-order valence-electron chi connectivity index (χ1n) is 9.38. The lowest BCUT2D eigenvalue weighted by Gasteiger charge is -2.49. The Kier molecular flexibility index (Phi) is 5.27. The first-order valence-corrected chi connectivity index (χ1v) is 9.38. The molecule has 1 spiro atoms. The summed E-state index contributed by atoms with van der Waals surface area (Å²) in [5, 5.41) is 0. The number of likely N-dealkylation sites (tertiary alicyclic amines) is 2. The minimum Gasteiger partial charge on any atom is -0.449 e. The molecule has 3 fully saturated rings. The predicted molar refractivity (Wildman–Crippen MR) is 87.9 cm³/mol. The van der Waals surface area contributed by atoms with Crippen LogP contribution < -0.4 is 0 Å². The summed E-state index contributed by atoms with van der Waals surface area (Å²) < 4.78 is 5.35. The van der Waals surface area contributed by atoms with Gasteiger partial charge in [0.25, 0.3) is 0 Å². The van der Waals surface area contributed by atoms with Gasteiger partial charge in [0.15, 0.2) is 0 Å². The maximum Gasteiger partial charge on any atom is 0.409 e. The number of amides is 1. The topological polar surface area (TPSA) is 32.8 Å². The average Bonchev–Trinajstić information content (AvgIpc) is 2.49. The van der Waals surface area contributed by atoms with Gasteiger partial charge < -0.3 is 14.5 Å². The van der Waals surface area contributed by atoms with Crippen molar-refractivity contribution >= 4 is 6.09 Å². The summed E-state index contributed by atoms with van der Waals surface area (Å²) >= 11 is 0. The molecule has 0 bridgehead atoms. The molecule has 1 amide bonds. The minimum absolute atomic E-state index is 0.0856. The molecule has 0 unspecified atom stereocenters. The first-order chi connectivity index (χ1) is 10.7. The van der Waals surface area contributed by atoms with Crippen LogP contribution in [-0.2, 0) is 4.74 Å². The maximum absolute atomic E-state index is 12.0. The van der Waals surface area contributed by atoms with E-state index in [9.17, 15) is 4.79 Å². The molecule has 3 rings (SSSR count). The molecule has 126 valence electrons. The van der Waals surface area contributed by atoms with Crippen molar-refractivity contribution in [3.05, 3.63) is 0 Å². The van der Waals surface area contributed by atoms with Crippen LogP contribution in [-0.4, -0.2) is 54.7 Å². The van der Waals surface area contributed by atoms with Crippen molar-refractivity contribution in [3.63, 3.8) is 0 Å². The third kappa shape index (κ3) is 3.58. The van der Waals surface area contributed by atoms with Gasteiger partial charge in [-0.25, -0.2) is 4.79 Å². The highest BCUT2D eigenvalue weighted by Crippen LogP contribution is 2.46. The number of hydrogen-bond acceptors (Lipinski definition) is 3. The van der Waals surface area contributed by atoms with Gasteiger partial charge in [0.1, 0.15) is 0 Å². The Morgan fingerprint density at radius 2 is 1.77 bits per heavy atom. The summed E-state index contributed by atoms with van der Waals surface area (Å²) in [6.07, 6.45) is 11.2. The van der Waals surface area contributed by atoms with E-state index in [2.05, 4.69) is 11.8 Å². The maximum atomic E-state index is 12.0. The Labute approximate surface area is 135 Å². The van der Waals surface area contributed by atoms with E-state index >= 15 is 0 Å². The summed E-state index contributed by atoms with van der Waals surface area (Å²) in [6, 6.07) is 0.858. The molecule has 0 aromatic rings. The Hall–Kier alpha value is -0.770. The van der Waals surface area contributed by atoms with Crippen molar-refractivity contribution in [1.29, 1.82) is 0 Å². The summed E-state index contributed by atoms with van der Waals surface area (Å²) in [5.41, 5.74) is 0.529. The normalized spacial score (nSPS) is 26.0. The Morgan fingerprint density at radius 1 is 1.09 bits per heavy atom. The molecule has 1 saturated carbocycles. The fourth-order valence-electron chi connectivity index (χ4n) is 4.34. The number of hydrogen-bond donors (Lipinski definition) is 0. The van der Waals surface area contributed by atoms with E-state index in [-0.39, 0.29) is 6.09 Å². The lowest BCUT2D eigenvalue weighted by atomic mass is 9.66. The highest BCUT2D eigenvalue weighted by molar-refractivity contribution is 5.67. The van der Waals surface area contributed by atoms with Crippen LogP contribution in [0.4, 0.5) is 4.79 Å². The number of carbonyl (C=O) groups excluding carboxylic acids is 1. The predicted octanol–water partition coefficient (Wildman–Crippen LogP) is 3.65. The highest BCUT2D eigenvalue weighted by atomic mass is 16.6. The van der Waals surface area contributed by atoms with E-state index in [1.807, 2.05) is 4.90 Å². The SMILES string of the molecule is CCCCOC(=O)N1CCC2(CCC(N3CCC3)CC2)CC1. The molecule has 22 heavy (non-hydrogen) atoms. The van der Waals surface area contributed by atoms with E-state index in [1.165, 1.54) is 58.0 Å². The largest absolute Gasteiger partial charge is 0.449 e. The number of piperidine rings is 1. The van der Waals surface area contributed by atoms with Crippen LogP contribution in [0.1, 0.15) is 64.7 Å². The molecule has 2 saturated heterocycles. The summed E-state index contributed by atoms with van der Waals surface area (Å²) in [4.78, 5) is 16.6. The van der Waals surface area contributed by atoms with Crippen molar-refractivity contribution in [1.82, 2.24) is 9.80 Å². The lowest BCUT2D eigenvalue weighted by molar-refractivity contribution is 0.0120. The molecule has 0 radical (unpaired) electrons. The molecule has 3 aliphatic rings. The number of ether oxygens (including phenoxy) is 1. The van der Waals surface area contributed by atoms with Gasteiger partial charge >= 0.3 is 6.09 Å². The molecule has 4 nitrogen and oxygen atoms in total. The molecule has 0 aromatic heterocycles. The number of unbranched alkanes of at least 4 members (excludes halogenated alkanes) is 1. The molecule has 0 aromatic carbocycles. The first kappa shape index (κ1) is 16.1. The second kappa shape index (κ2) is 7.20. The zero-order valence-electron chi connectivity index (χ0n) is 14.2. The van der Waals surface area contributed by atoms with Gasteiger partial charge in [-0.05, 0) is 69.9 Å². The van der Waals surface area contributed by atoms with Crippen LogP contribution in [0.3, 0.4) is 0 Å². The van der Waals surface area contributed by atoms with Crippen LogP contribution in [0.15, 0.2) is 0 Å². The van der Waals surface area contributed by atoms with E-state index in [0.717, 1.165) is 32.0 Å². The van der Waals surface area contributed by atoms with E-state index in [4.69, 9.17) is 4.74 Å². The Morgan fingerprint density at radius 3 is 2.32 bits per heavy atom. The van der Waals surface area contributed by atoms with Gasteiger partial charge in [0, 0.05) is 19.1 Å². The van der Waals surface area contributed by atoms with E-state index in [1.54, 1.807) is 0 Å². The number of nitrogens with zero attached hydrogens (tertiary/aromatic N) is 2. The smallest absolute Gasteiger partial charge is 0.409 e. The zero-order chi connectivity index (χ0) is 15.4. The molecule has 0 N–H and O–H groups in total. The van der Waals surface area contributed by atoms with Crippen molar-refractivity contribution in [3.8, 4) is 0 Å². The Bertz CT molecular complexity index is 363. The van der Waals surface area contributed by atoms with E-state index in [0.29, 0.717) is 12.0 Å². The van der Waals surface area contributed by atoms with Crippen LogP contribution in [0.2, 0.25) is 0 Å². The molecular weight excluding hydrogens is 276 g/mol. The van der Waals surface area contributed by atoms with Crippen LogP contribution in [0.5, 0.6) is 0 Å². The molecule has 4 heteroatoms. The van der Waals surface area contributed by atoms with Gasteiger partial charge in [-0.1, -0.05) is 13.3 Å². The highest BCUT2D eigenvalue weighted by Gasteiger charge is 2.40. The molecule has 2 aliphatic heterocycles. The third-order valence-electron chi connectivity index (χ3n) is 6.23. The fraction of sp³-hybridized carbons (Fsp3) is 0.944. The fourth-order valence-corrected chi connectivity index (χ4v) is 4.34. The van der Waals surface area contributed by atoms with Gasteiger partial charge in [-0.15, -0.1) is 0 Å². The van der Waals surface area contributed by atoms with Crippen LogP contribution >= 0.6 is 0 Å². The number of carbonyl (C=O) groups is 1. The van der Waals surface area contributed by atoms with Gasteiger partial charge in [-0.3, -0.25) is 0 Å². The van der Waals surface area contributed by atoms with E-state index < -0.39 is 0 Å². The van der Waals surface area contributed by atoms with Crippen molar-refractivity contribution in [2.45, 2.75) is 70.8 Å². The zero-order valence-corrected chi connectivity index (χ0v) is 14.2. The van der Waals surface area contributed by atoms with Gasteiger partial charge in [0.05, 0.1) is 6.61 Å². The van der Waals surface area contributed by atoms with Crippen LogP contribution in [0.25, 0.3) is 0 Å². The van der Waals surface area contributed by atoms with Crippen molar-refractivity contribution in [2.75, 3.05) is 32.8 Å². The van der Waals surface area contributed by atoms with Crippen molar-refractivity contribution in [2.24, 2.45) is 5.41 Å². The molecule has 0 atom stereocenters. The Balaban J connectivity index is 1.40. The average molecular weight is 308 g/mol. The quantitative estimate of drug-likeness (QED) is 0.743.